The van der Waals surface area contributed by atoms with Gasteiger partial charge in [0.1, 0.15) is 0 Å². The highest BCUT2D eigenvalue weighted by molar-refractivity contribution is 5.73. The van der Waals surface area contributed by atoms with Gasteiger partial charge >= 0.3 is 0 Å². The van der Waals surface area contributed by atoms with Gasteiger partial charge in [-0.15, -0.1) is 0 Å². The summed E-state index contributed by atoms with van der Waals surface area (Å²) in [7, 11) is 0. The van der Waals surface area contributed by atoms with E-state index in [2.05, 4.69) is 21.2 Å². The average Bonchev–Trinajstić information content (AvgIpc) is 3.10. The van der Waals surface area contributed by atoms with Gasteiger partial charge in [0.25, 0.3) is 0 Å². The third kappa shape index (κ3) is 2.71. The number of likely N-dealkylation sites (tertiary alicyclic amines) is 1. The van der Waals surface area contributed by atoms with Crippen molar-refractivity contribution in [3.8, 4) is 11.4 Å². The minimum Gasteiger partial charge on any atom is -0.343 e. The lowest BCUT2D eigenvalue weighted by Crippen LogP contribution is -2.26. The predicted molar refractivity (Wildman–Crippen MR) is 75.9 cm³/mol. The van der Waals surface area contributed by atoms with E-state index in [-0.39, 0.29) is 5.91 Å². The Kier molecular flexibility index (Phi) is 3.50. The van der Waals surface area contributed by atoms with Gasteiger partial charge < -0.3 is 4.90 Å². The molecule has 1 aliphatic rings. The van der Waals surface area contributed by atoms with Gasteiger partial charge in [-0.05, 0) is 36.5 Å². The number of nitrogens with one attached hydrogen (secondary N) is 1. The Balaban J connectivity index is 1.63. The van der Waals surface area contributed by atoms with Crippen LogP contribution in [0.4, 0.5) is 0 Å². The standard InChI is InChI=1S/C15H18N4O/c1-11(20)19-7-5-13(10-19)8-12-2-3-14(16-9-12)15-4-6-17-18-15/h2-4,6,9,13H,5,7-8,10H2,1H3,(H,17,18)/t13-/m0/s1. The first kappa shape index (κ1) is 12.8. The van der Waals surface area contributed by atoms with E-state index in [1.165, 1.54) is 5.56 Å². The maximum Gasteiger partial charge on any atom is 0.219 e. The van der Waals surface area contributed by atoms with Crippen molar-refractivity contribution in [1.29, 1.82) is 0 Å². The number of carbonyl (C=O) groups excluding carboxylic acids is 1. The van der Waals surface area contributed by atoms with Crippen molar-refractivity contribution in [3.05, 3.63) is 36.2 Å². The van der Waals surface area contributed by atoms with E-state index in [4.69, 9.17) is 0 Å². The number of amides is 1. The van der Waals surface area contributed by atoms with Gasteiger partial charge in [-0.25, -0.2) is 0 Å². The zero-order valence-corrected chi connectivity index (χ0v) is 11.5. The maximum absolute atomic E-state index is 11.3. The zero-order valence-electron chi connectivity index (χ0n) is 11.5. The molecule has 3 heterocycles. The summed E-state index contributed by atoms with van der Waals surface area (Å²) in [5, 5.41) is 6.83. The van der Waals surface area contributed by atoms with E-state index < -0.39 is 0 Å². The van der Waals surface area contributed by atoms with E-state index in [1.54, 1.807) is 13.1 Å². The fraction of sp³-hybridized carbons (Fsp3) is 0.400. The number of H-pyrrole nitrogens is 1. The number of pyridine rings is 1. The van der Waals surface area contributed by atoms with Crippen LogP contribution < -0.4 is 0 Å². The SMILES string of the molecule is CC(=O)N1CC[C@@H](Cc2ccc(-c3ccn[nH]3)nc2)C1. The van der Waals surface area contributed by atoms with E-state index >= 15 is 0 Å². The summed E-state index contributed by atoms with van der Waals surface area (Å²) < 4.78 is 0. The minimum absolute atomic E-state index is 0.181. The van der Waals surface area contributed by atoms with E-state index in [1.807, 2.05) is 23.2 Å². The van der Waals surface area contributed by atoms with Gasteiger partial charge in [-0.3, -0.25) is 14.9 Å². The molecule has 0 aromatic carbocycles. The highest BCUT2D eigenvalue weighted by atomic mass is 16.2. The molecule has 1 aliphatic heterocycles. The molecule has 1 saturated heterocycles. The monoisotopic (exact) mass is 270 g/mol. The van der Waals surface area contributed by atoms with Crippen molar-refractivity contribution in [1.82, 2.24) is 20.1 Å². The second-order valence-corrected chi connectivity index (χ2v) is 5.35. The number of aromatic nitrogens is 3. The van der Waals surface area contributed by atoms with Crippen molar-refractivity contribution >= 4 is 5.91 Å². The molecule has 3 rings (SSSR count). The Hall–Kier alpha value is -2.17. The number of nitrogens with zero attached hydrogens (tertiary/aromatic N) is 3. The van der Waals surface area contributed by atoms with Gasteiger partial charge in [0.15, 0.2) is 0 Å². The summed E-state index contributed by atoms with van der Waals surface area (Å²) in [4.78, 5) is 17.7. The second-order valence-electron chi connectivity index (χ2n) is 5.35. The van der Waals surface area contributed by atoms with Crippen molar-refractivity contribution in [2.75, 3.05) is 13.1 Å². The number of hydrogen-bond donors (Lipinski definition) is 1. The Morgan fingerprint density at radius 1 is 1.45 bits per heavy atom. The summed E-state index contributed by atoms with van der Waals surface area (Å²) in [5.41, 5.74) is 3.06. The summed E-state index contributed by atoms with van der Waals surface area (Å²) >= 11 is 0. The smallest absolute Gasteiger partial charge is 0.219 e. The van der Waals surface area contributed by atoms with Crippen molar-refractivity contribution in [2.45, 2.75) is 19.8 Å². The van der Waals surface area contributed by atoms with Crippen LogP contribution in [0.5, 0.6) is 0 Å². The van der Waals surface area contributed by atoms with Crippen LogP contribution in [0.3, 0.4) is 0 Å². The van der Waals surface area contributed by atoms with Crippen molar-refractivity contribution in [3.63, 3.8) is 0 Å². The molecule has 0 spiro atoms. The van der Waals surface area contributed by atoms with Crippen molar-refractivity contribution in [2.24, 2.45) is 5.92 Å². The summed E-state index contributed by atoms with van der Waals surface area (Å²) in [6.07, 6.45) is 5.72. The molecule has 2 aromatic rings. The molecule has 1 atom stereocenters. The Labute approximate surface area is 118 Å². The molecule has 5 heteroatoms. The van der Waals surface area contributed by atoms with E-state index in [0.717, 1.165) is 37.3 Å². The third-order valence-electron chi connectivity index (χ3n) is 3.86. The molecular weight excluding hydrogens is 252 g/mol. The first-order chi connectivity index (χ1) is 9.72. The predicted octanol–water partition coefficient (Wildman–Crippen LogP) is 1.88. The third-order valence-corrected chi connectivity index (χ3v) is 3.86. The average molecular weight is 270 g/mol. The largest absolute Gasteiger partial charge is 0.343 e. The first-order valence-corrected chi connectivity index (χ1v) is 6.92. The molecule has 20 heavy (non-hydrogen) atoms. The lowest BCUT2D eigenvalue weighted by molar-refractivity contribution is -0.127. The van der Waals surface area contributed by atoms with Crippen LogP contribution in [0.1, 0.15) is 18.9 Å². The van der Waals surface area contributed by atoms with Gasteiger partial charge in [-0.2, -0.15) is 5.10 Å². The molecule has 1 fully saturated rings. The van der Waals surface area contributed by atoms with Crippen LogP contribution in [0.15, 0.2) is 30.6 Å². The topological polar surface area (TPSA) is 61.9 Å². The van der Waals surface area contributed by atoms with Crippen LogP contribution >= 0.6 is 0 Å². The number of hydrogen-bond acceptors (Lipinski definition) is 3. The van der Waals surface area contributed by atoms with Gasteiger partial charge in [-0.1, -0.05) is 6.07 Å². The molecule has 5 nitrogen and oxygen atoms in total. The normalized spacial score (nSPS) is 18.4. The molecule has 0 bridgehead atoms. The molecule has 0 unspecified atom stereocenters. The fourth-order valence-corrected chi connectivity index (χ4v) is 2.72. The Bertz CT molecular complexity index is 576. The van der Waals surface area contributed by atoms with Gasteiger partial charge in [0.2, 0.25) is 5.91 Å². The highest BCUT2D eigenvalue weighted by Gasteiger charge is 2.24. The molecule has 0 radical (unpaired) electrons. The number of carbonyl (C=O) groups is 1. The van der Waals surface area contributed by atoms with Crippen LogP contribution in [0.25, 0.3) is 11.4 Å². The van der Waals surface area contributed by atoms with Gasteiger partial charge in [0, 0.05) is 32.4 Å². The minimum atomic E-state index is 0.181. The molecule has 1 amide bonds. The molecular formula is C15H18N4O. The lowest BCUT2D eigenvalue weighted by Gasteiger charge is -2.13. The van der Waals surface area contributed by atoms with Gasteiger partial charge in [0.05, 0.1) is 11.4 Å². The fourth-order valence-electron chi connectivity index (χ4n) is 2.72. The quantitative estimate of drug-likeness (QED) is 0.926. The summed E-state index contributed by atoms with van der Waals surface area (Å²) in [6.45, 7) is 3.40. The number of aromatic amines is 1. The zero-order chi connectivity index (χ0) is 13.9. The van der Waals surface area contributed by atoms with Crippen LogP contribution in [0.2, 0.25) is 0 Å². The Morgan fingerprint density at radius 3 is 2.95 bits per heavy atom. The Morgan fingerprint density at radius 2 is 2.35 bits per heavy atom. The molecule has 2 aromatic heterocycles. The molecule has 1 N–H and O–H groups in total. The van der Waals surface area contributed by atoms with E-state index in [0.29, 0.717) is 5.92 Å². The van der Waals surface area contributed by atoms with Crippen LogP contribution in [-0.2, 0) is 11.2 Å². The summed E-state index contributed by atoms with van der Waals surface area (Å²) in [5.74, 6) is 0.735. The van der Waals surface area contributed by atoms with Crippen LogP contribution in [0, 0.1) is 5.92 Å². The second kappa shape index (κ2) is 5.45. The van der Waals surface area contributed by atoms with Crippen molar-refractivity contribution < 1.29 is 4.79 Å². The summed E-state index contributed by atoms with van der Waals surface area (Å²) in [6, 6.07) is 6.03. The molecule has 0 aliphatic carbocycles. The highest BCUT2D eigenvalue weighted by Crippen LogP contribution is 2.21. The lowest BCUT2D eigenvalue weighted by atomic mass is 10.00. The first-order valence-electron chi connectivity index (χ1n) is 6.92. The maximum atomic E-state index is 11.3. The van der Waals surface area contributed by atoms with Crippen LogP contribution in [-0.4, -0.2) is 39.1 Å². The number of rotatable bonds is 3. The van der Waals surface area contributed by atoms with E-state index in [9.17, 15) is 4.79 Å². The molecule has 0 saturated carbocycles. The molecule has 104 valence electrons.